The van der Waals surface area contributed by atoms with Crippen LogP contribution < -0.4 is 0 Å². The van der Waals surface area contributed by atoms with Gasteiger partial charge < -0.3 is 0 Å². The van der Waals surface area contributed by atoms with Crippen LogP contribution in [0.1, 0.15) is 52.4 Å². The molecule has 0 aliphatic heterocycles. The van der Waals surface area contributed by atoms with Gasteiger partial charge in [0, 0.05) is 10.2 Å². The third kappa shape index (κ3) is 2.62. The van der Waals surface area contributed by atoms with Crippen molar-refractivity contribution in [3.8, 4) is 0 Å². The Morgan fingerprint density at radius 2 is 2.08 bits per heavy atom. The van der Waals surface area contributed by atoms with Crippen LogP contribution in [0.25, 0.3) is 0 Å². The van der Waals surface area contributed by atoms with Gasteiger partial charge in [0.1, 0.15) is 0 Å². The topological polar surface area (TPSA) is 0 Å². The van der Waals surface area contributed by atoms with Gasteiger partial charge in [0.15, 0.2) is 0 Å². The minimum absolute atomic E-state index is 1.05. The minimum Gasteiger partial charge on any atom is -0.0654 e. The second-order valence-electron chi connectivity index (χ2n) is 4.67. The van der Waals surface area contributed by atoms with Crippen LogP contribution in [-0.2, 0) is 0 Å². The van der Waals surface area contributed by atoms with Crippen molar-refractivity contribution in [2.45, 2.75) is 57.9 Å². The number of rotatable bonds is 3. The molecule has 0 amide bonds. The average Bonchev–Trinajstić information content (AvgIpc) is 2.08. The molecule has 72 valence electrons. The van der Waals surface area contributed by atoms with Crippen molar-refractivity contribution in [1.29, 1.82) is 0 Å². The molecule has 0 N–H and O–H groups in total. The summed E-state index contributed by atoms with van der Waals surface area (Å²) in [5.74, 6) is 2.16. The molecule has 0 spiro atoms. The highest BCUT2D eigenvalue weighted by Crippen LogP contribution is 2.39. The van der Waals surface area contributed by atoms with Gasteiger partial charge in [-0.2, -0.15) is 0 Å². The molecule has 0 saturated heterocycles. The maximum atomic E-state index is 2.47. The lowest BCUT2D eigenvalue weighted by Crippen LogP contribution is -2.21. The van der Waals surface area contributed by atoms with E-state index >= 15 is 0 Å². The van der Waals surface area contributed by atoms with E-state index in [4.69, 9.17) is 0 Å². The van der Waals surface area contributed by atoms with Gasteiger partial charge >= 0.3 is 0 Å². The lowest BCUT2D eigenvalue weighted by atomic mass is 9.79. The summed E-state index contributed by atoms with van der Waals surface area (Å²) in [6.45, 7) is 4.78. The van der Waals surface area contributed by atoms with E-state index in [1.807, 2.05) is 0 Å². The van der Waals surface area contributed by atoms with Crippen molar-refractivity contribution in [1.82, 2.24) is 0 Å². The van der Waals surface area contributed by atoms with Gasteiger partial charge in [-0.05, 0) is 17.4 Å². The van der Waals surface area contributed by atoms with Crippen molar-refractivity contribution in [2.75, 3.05) is 0 Å². The van der Waals surface area contributed by atoms with Crippen LogP contribution in [0.15, 0.2) is 0 Å². The standard InChI is InChI=1S/C11H24Si/c1-3-4-7-10-8-5-6-9(2)11(10)12/h9-11H,3-8H2,1-2,12H3. The van der Waals surface area contributed by atoms with Crippen LogP contribution in [0.3, 0.4) is 0 Å². The van der Waals surface area contributed by atoms with Gasteiger partial charge in [-0.1, -0.05) is 52.4 Å². The van der Waals surface area contributed by atoms with Gasteiger partial charge in [0.2, 0.25) is 0 Å². The van der Waals surface area contributed by atoms with E-state index in [-0.39, 0.29) is 0 Å². The summed E-state index contributed by atoms with van der Waals surface area (Å²) in [5.41, 5.74) is 1.13. The highest BCUT2D eigenvalue weighted by atomic mass is 28.1. The predicted octanol–water partition coefficient (Wildman–Crippen LogP) is 2.77. The maximum absolute atomic E-state index is 2.47. The van der Waals surface area contributed by atoms with Crippen molar-refractivity contribution in [2.24, 2.45) is 11.8 Å². The molecule has 1 rings (SSSR count). The number of unbranched alkanes of at least 4 members (excludes halogenated alkanes) is 1. The first-order valence-corrected chi connectivity index (χ1v) is 6.91. The fourth-order valence-corrected chi connectivity index (χ4v) is 3.57. The number of hydrogen-bond acceptors (Lipinski definition) is 0. The van der Waals surface area contributed by atoms with Crippen molar-refractivity contribution in [3.05, 3.63) is 0 Å². The molecule has 0 aromatic carbocycles. The van der Waals surface area contributed by atoms with Crippen molar-refractivity contribution in [3.63, 3.8) is 0 Å². The molecule has 0 aromatic rings. The van der Waals surface area contributed by atoms with Gasteiger partial charge in [-0.25, -0.2) is 0 Å². The van der Waals surface area contributed by atoms with Gasteiger partial charge in [0.25, 0.3) is 0 Å². The molecule has 1 heteroatoms. The Morgan fingerprint density at radius 3 is 2.75 bits per heavy atom. The zero-order valence-corrected chi connectivity index (χ0v) is 11.0. The Morgan fingerprint density at radius 1 is 1.33 bits per heavy atom. The summed E-state index contributed by atoms with van der Waals surface area (Å²) in [7, 11) is 1.43. The van der Waals surface area contributed by atoms with E-state index in [0.717, 1.165) is 17.4 Å². The molecule has 1 aliphatic rings. The van der Waals surface area contributed by atoms with E-state index in [1.54, 1.807) is 6.42 Å². The first kappa shape index (κ1) is 10.3. The van der Waals surface area contributed by atoms with Crippen LogP contribution in [0, 0.1) is 11.8 Å². The molecule has 0 bridgehead atoms. The third-order valence-electron chi connectivity index (χ3n) is 3.80. The fourth-order valence-electron chi connectivity index (χ4n) is 2.57. The zero-order valence-electron chi connectivity index (χ0n) is 8.97. The second-order valence-corrected chi connectivity index (χ2v) is 6.00. The molecule has 1 fully saturated rings. The lowest BCUT2D eigenvalue weighted by molar-refractivity contribution is 0.266. The number of hydrogen-bond donors (Lipinski definition) is 0. The smallest absolute Gasteiger partial charge is 0.00742 e. The van der Waals surface area contributed by atoms with E-state index in [2.05, 4.69) is 13.8 Å². The highest BCUT2D eigenvalue weighted by molar-refractivity contribution is 6.12. The molecule has 1 aliphatic carbocycles. The summed E-state index contributed by atoms with van der Waals surface area (Å²) >= 11 is 0. The summed E-state index contributed by atoms with van der Waals surface area (Å²) in [4.78, 5) is 0. The first-order chi connectivity index (χ1) is 5.75. The molecule has 0 nitrogen and oxygen atoms in total. The zero-order chi connectivity index (χ0) is 8.97. The molecule has 1 saturated carbocycles. The average molecular weight is 184 g/mol. The first-order valence-electron chi connectivity index (χ1n) is 5.75. The monoisotopic (exact) mass is 184 g/mol. The van der Waals surface area contributed by atoms with Crippen molar-refractivity contribution < 1.29 is 0 Å². The van der Waals surface area contributed by atoms with Crippen LogP contribution in [0.5, 0.6) is 0 Å². The molecular weight excluding hydrogens is 160 g/mol. The molecule has 0 aromatic heterocycles. The van der Waals surface area contributed by atoms with E-state index in [0.29, 0.717) is 0 Å². The molecular formula is C11H24Si. The summed E-state index contributed by atoms with van der Waals surface area (Å²) < 4.78 is 0. The summed E-state index contributed by atoms with van der Waals surface area (Å²) in [6.07, 6.45) is 8.94. The minimum atomic E-state index is 1.05. The Labute approximate surface area is 80.6 Å². The predicted molar refractivity (Wildman–Crippen MR) is 59.7 cm³/mol. The highest BCUT2D eigenvalue weighted by Gasteiger charge is 2.25. The van der Waals surface area contributed by atoms with E-state index in [1.165, 1.54) is 42.3 Å². The molecule has 3 unspecified atom stereocenters. The molecule has 0 heterocycles. The Bertz CT molecular complexity index is 122. The SMILES string of the molecule is CCCCC1CCCC(C)C1[SiH3]. The summed E-state index contributed by atoms with van der Waals surface area (Å²) in [6, 6.07) is 0. The third-order valence-corrected chi connectivity index (χ3v) is 5.88. The fraction of sp³-hybridized carbons (Fsp3) is 1.00. The van der Waals surface area contributed by atoms with Crippen molar-refractivity contribution >= 4 is 10.2 Å². The normalized spacial score (nSPS) is 37.0. The van der Waals surface area contributed by atoms with Crippen LogP contribution >= 0.6 is 0 Å². The second kappa shape index (κ2) is 5.06. The Hall–Kier alpha value is 0.217. The lowest BCUT2D eigenvalue weighted by Gasteiger charge is -2.34. The molecule has 12 heavy (non-hydrogen) atoms. The van der Waals surface area contributed by atoms with Crippen LogP contribution in [0.4, 0.5) is 0 Å². The van der Waals surface area contributed by atoms with Crippen LogP contribution in [0.2, 0.25) is 5.54 Å². The molecule has 3 atom stereocenters. The van der Waals surface area contributed by atoms with E-state index in [9.17, 15) is 0 Å². The van der Waals surface area contributed by atoms with Gasteiger partial charge in [-0.15, -0.1) is 0 Å². The maximum Gasteiger partial charge on any atom is 0.00742 e. The van der Waals surface area contributed by atoms with E-state index < -0.39 is 0 Å². The van der Waals surface area contributed by atoms with Crippen LogP contribution in [-0.4, -0.2) is 10.2 Å². The Kier molecular flexibility index (Phi) is 4.34. The van der Waals surface area contributed by atoms with Gasteiger partial charge in [0.05, 0.1) is 0 Å². The largest absolute Gasteiger partial charge is 0.0654 e. The molecule has 0 radical (unpaired) electrons. The Balaban J connectivity index is 2.30. The quantitative estimate of drug-likeness (QED) is 0.592. The van der Waals surface area contributed by atoms with Gasteiger partial charge in [-0.3, -0.25) is 0 Å². The summed E-state index contributed by atoms with van der Waals surface area (Å²) in [5, 5.41) is 0.